The third kappa shape index (κ3) is 6.17. The molecule has 1 aliphatic heterocycles. The molecule has 1 atom stereocenters. The fourth-order valence-corrected chi connectivity index (χ4v) is 2.90. The van der Waals surface area contributed by atoms with Crippen LogP contribution in [0.25, 0.3) is 0 Å². The smallest absolute Gasteiger partial charge is 0.0599 e. The second-order valence-corrected chi connectivity index (χ2v) is 6.02. The number of ether oxygens (including phenoxy) is 1. The fourth-order valence-electron chi connectivity index (χ4n) is 2.90. The van der Waals surface area contributed by atoms with Crippen molar-refractivity contribution in [3.63, 3.8) is 0 Å². The summed E-state index contributed by atoms with van der Waals surface area (Å²) in [6, 6.07) is 0. The lowest BCUT2D eigenvalue weighted by molar-refractivity contribution is 0.0131. The first-order valence-corrected chi connectivity index (χ1v) is 7.69. The number of hydrogen-bond donors (Lipinski definition) is 1. The molecule has 1 aliphatic rings. The van der Waals surface area contributed by atoms with Crippen LogP contribution in [0.4, 0.5) is 0 Å². The lowest BCUT2D eigenvalue weighted by Crippen LogP contribution is -2.38. The van der Waals surface area contributed by atoms with Crippen LogP contribution in [-0.2, 0) is 4.74 Å². The molecule has 1 fully saturated rings. The van der Waals surface area contributed by atoms with Crippen LogP contribution in [0.2, 0.25) is 0 Å². The molecule has 1 unspecified atom stereocenters. The van der Waals surface area contributed by atoms with Crippen molar-refractivity contribution in [2.24, 2.45) is 17.6 Å². The second kappa shape index (κ2) is 8.89. The van der Waals surface area contributed by atoms with Crippen LogP contribution in [0.3, 0.4) is 0 Å². The first-order valence-electron chi connectivity index (χ1n) is 7.69. The third-order valence-electron chi connectivity index (χ3n) is 3.93. The number of likely N-dealkylation sites (tertiary alicyclic amines) is 1. The van der Waals surface area contributed by atoms with E-state index < -0.39 is 0 Å². The molecule has 0 aromatic carbocycles. The van der Waals surface area contributed by atoms with Crippen molar-refractivity contribution in [3.05, 3.63) is 0 Å². The summed E-state index contributed by atoms with van der Waals surface area (Å²) < 4.78 is 5.68. The van der Waals surface area contributed by atoms with Gasteiger partial charge in [0.2, 0.25) is 0 Å². The van der Waals surface area contributed by atoms with E-state index in [2.05, 4.69) is 25.7 Å². The Morgan fingerprint density at radius 3 is 2.44 bits per heavy atom. The topological polar surface area (TPSA) is 38.5 Å². The minimum Gasteiger partial charge on any atom is -0.378 e. The van der Waals surface area contributed by atoms with Crippen LogP contribution < -0.4 is 5.73 Å². The average Bonchev–Trinajstić information content (AvgIpc) is 2.36. The lowest BCUT2D eigenvalue weighted by atomic mass is 9.94. The van der Waals surface area contributed by atoms with E-state index in [9.17, 15) is 0 Å². The summed E-state index contributed by atoms with van der Waals surface area (Å²) in [5.74, 6) is 1.47. The van der Waals surface area contributed by atoms with Crippen molar-refractivity contribution < 1.29 is 4.74 Å². The van der Waals surface area contributed by atoms with Gasteiger partial charge in [-0.1, -0.05) is 13.8 Å². The summed E-state index contributed by atoms with van der Waals surface area (Å²) in [6.07, 6.45) is 5.43. The standard InChI is InChI=1S/C15H32N2O/c1-4-18-15-6-9-17(10-7-15)8-5-14(12-16)11-13(2)3/h13-15H,4-12,16H2,1-3H3. The number of piperidine rings is 1. The Morgan fingerprint density at radius 2 is 1.94 bits per heavy atom. The molecule has 1 heterocycles. The first kappa shape index (κ1) is 15.9. The van der Waals surface area contributed by atoms with E-state index in [-0.39, 0.29) is 0 Å². The van der Waals surface area contributed by atoms with Crippen molar-refractivity contribution in [1.82, 2.24) is 4.90 Å². The highest BCUT2D eigenvalue weighted by Gasteiger charge is 2.19. The zero-order chi connectivity index (χ0) is 13.4. The predicted molar refractivity (Wildman–Crippen MR) is 77.7 cm³/mol. The van der Waals surface area contributed by atoms with Gasteiger partial charge in [0.05, 0.1) is 6.10 Å². The van der Waals surface area contributed by atoms with E-state index in [1.54, 1.807) is 0 Å². The third-order valence-corrected chi connectivity index (χ3v) is 3.93. The summed E-state index contributed by atoms with van der Waals surface area (Å²) in [6.45, 7) is 12.0. The van der Waals surface area contributed by atoms with Crippen LogP contribution in [0, 0.1) is 11.8 Å². The molecule has 0 saturated carbocycles. The van der Waals surface area contributed by atoms with Crippen LogP contribution >= 0.6 is 0 Å². The van der Waals surface area contributed by atoms with Gasteiger partial charge >= 0.3 is 0 Å². The van der Waals surface area contributed by atoms with Crippen molar-refractivity contribution in [2.45, 2.75) is 52.6 Å². The molecule has 3 nitrogen and oxygen atoms in total. The number of nitrogens with two attached hydrogens (primary N) is 1. The van der Waals surface area contributed by atoms with E-state index in [1.807, 2.05) is 0 Å². The van der Waals surface area contributed by atoms with Crippen LogP contribution in [0.1, 0.15) is 46.5 Å². The molecule has 1 rings (SSSR count). The molecule has 3 heteroatoms. The Hall–Kier alpha value is -0.120. The van der Waals surface area contributed by atoms with Gasteiger partial charge in [0, 0.05) is 19.7 Å². The van der Waals surface area contributed by atoms with E-state index in [1.165, 1.54) is 45.3 Å². The van der Waals surface area contributed by atoms with Gasteiger partial charge in [-0.3, -0.25) is 0 Å². The van der Waals surface area contributed by atoms with Crippen molar-refractivity contribution in [3.8, 4) is 0 Å². The van der Waals surface area contributed by atoms with Crippen molar-refractivity contribution in [2.75, 3.05) is 32.8 Å². The largest absolute Gasteiger partial charge is 0.378 e. The Kier molecular flexibility index (Phi) is 7.87. The van der Waals surface area contributed by atoms with Gasteiger partial charge in [-0.25, -0.2) is 0 Å². The van der Waals surface area contributed by atoms with Gasteiger partial charge in [0.1, 0.15) is 0 Å². The fraction of sp³-hybridized carbons (Fsp3) is 1.00. The Bertz CT molecular complexity index is 201. The molecule has 1 saturated heterocycles. The van der Waals surface area contributed by atoms with E-state index in [0.717, 1.165) is 19.1 Å². The van der Waals surface area contributed by atoms with Crippen molar-refractivity contribution >= 4 is 0 Å². The highest BCUT2D eigenvalue weighted by Crippen LogP contribution is 2.18. The zero-order valence-electron chi connectivity index (χ0n) is 12.5. The highest BCUT2D eigenvalue weighted by atomic mass is 16.5. The van der Waals surface area contributed by atoms with Crippen LogP contribution in [-0.4, -0.2) is 43.8 Å². The number of hydrogen-bond acceptors (Lipinski definition) is 3. The zero-order valence-corrected chi connectivity index (χ0v) is 12.5. The molecule has 2 N–H and O–H groups in total. The summed E-state index contributed by atoms with van der Waals surface area (Å²) in [7, 11) is 0. The normalized spacial score (nSPS) is 20.5. The molecule has 0 radical (unpaired) electrons. The minimum atomic E-state index is 0.507. The SMILES string of the molecule is CCOC1CCN(CCC(CN)CC(C)C)CC1. The van der Waals surface area contributed by atoms with Gasteiger partial charge < -0.3 is 15.4 Å². The molecule has 0 bridgehead atoms. The van der Waals surface area contributed by atoms with Gasteiger partial charge in [0.25, 0.3) is 0 Å². The molecular formula is C15H32N2O. The summed E-state index contributed by atoms with van der Waals surface area (Å²) in [5, 5.41) is 0. The van der Waals surface area contributed by atoms with Crippen LogP contribution in [0.5, 0.6) is 0 Å². The maximum Gasteiger partial charge on any atom is 0.0599 e. The predicted octanol–water partition coefficient (Wildman–Crippen LogP) is 2.50. The minimum absolute atomic E-state index is 0.507. The average molecular weight is 256 g/mol. The molecular weight excluding hydrogens is 224 g/mol. The Labute approximate surface area is 113 Å². The highest BCUT2D eigenvalue weighted by molar-refractivity contribution is 4.74. The Morgan fingerprint density at radius 1 is 1.28 bits per heavy atom. The summed E-state index contributed by atoms with van der Waals surface area (Å²) in [4.78, 5) is 2.58. The molecule has 0 aromatic heterocycles. The molecule has 108 valence electrons. The van der Waals surface area contributed by atoms with Gasteiger partial charge in [-0.15, -0.1) is 0 Å². The van der Waals surface area contributed by atoms with Crippen LogP contribution in [0.15, 0.2) is 0 Å². The second-order valence-electron chi connectivity index (χ2n) is 6.02. The monoisotopic (exact) mass is 256 g/mol. The van der Waals surface area contributed by atoms with E-state index >= 15 is 0 Å². The number of rotatable bonds is 8. The van der Waals surface area contributed by atoms with Crippen molar-refractivity contribution in [1.29, 1.82) is 0 Å². The molecule has 0 amide bonds. The van der Waals surface area contributed by atoms with Gasteiger partial charge in [0.15, 0.2) is 0 Å². The first-order chi connectivity index (χ1) is 8.65. The quantitative estimate of drug-likeness (QED) is 0.725. The summed E-state index contributed by atoms with van der Waals surface area (Å²) in [5.41, 5.74) is 5.86. The maximum atomic E-state index is 5.86. The molecule has 0 spiro atoms. The van der Waals surface area contributed by atoms with Gasteiger partial charge in [-0.05, 0) is 57.5 Å². The number of nitrogens with zero attached hydrogens (tertiary/aromatic N) is 1. The van der Waals surface area contributed by atoms with E-state index in [0.29, 0.717) is 12.0 Å². The molecule has 0 aromatic rings. The maximum absolute atomic E-state index is 5.86. The lowest BCUT2D eigenvalue weighted by Gasteiger charge is -2.32. The molecule has 18 heavy (non-hydrogen) atoms. The Balaban J connectivity index is 2.16. The molecule has 0 aliphatic carbocycles. The van der Waals surface area contributed by atoms with E-state index in [4.69, 9.17) is 10.5 Å². The summed E-state index contributed by atoms with van der Waals surface area (Å²) >= 11 is 0. The van der Waals surface area contributed by atoms with Gasteiger partial charge in [-0.2, -0.15) is 0 Å².